The highest BCUT2D eigenvalue weighted by Gasteiger charge is 2.12. The Bertz CT molecular complexity index is 548. The van der Waals surface area contributed by atoms with Gasteiger partial charge in [-0.25, -0.2) is 4.98 Å². The van der Waals surface area contributed by atoms with Gasteiger partial charge in [-0.05, 0) is 18.1 Å². The fraction of sp³-hybridized carbons (Fsp3) is 0.385. The Morgan fingerprint density at radius 2 is 2.33 bits per heavy atom. The number of fused-ring (bicyclic) bond motifs is 1. The Morgan fingerprint density at radius 3 is 3.06 bits per heavy atom. The number of nitrogens with zero attached hydrogens (tertiary/aromatic N) is 2. The molecule has 2 aromatic rings. The summed E-state index contributed by atoms with van der Waals surface area (Å²) in [5.41, 5.74) is 1.44. The Labute approximate surface area is 105 Å². The van der Waals surface area contributed by atoms with Crippen molar-refractivity contribution in [3.63, 3.8) is 0 Å². The summed E-state index contributed by atoms with van der Waals surface area (Å²) in [5.74, 6) is -0.0546. The van der Waals surface area contributed by atoms with E-state index in [1.807, 2.05) is 18.2 Å². The molecule has 0 aliphatic carbocycles. The maximum absolute atomic E-state index is 11.9. The normalized spacial score (nSPS) is 12.9. The molecule has 2 heterocycles. The molecular weight excluding hydrogens is 230 g/mol. The number of aromatic nitrogens is 2. The van der Waals surface area contributed by atoms with E-state index in [0.717, 1.165) is 5.52 Å². The lowest BCUT2D eigenvalue weighted by Crippen LogP contribution is -2.34. The molecule has 2 rings (SSSR count). The Balaban J connectivity index is 2.04. The highest BCUT2D eigenvalue weighted by atomic mass is 16.3. The number of aliphatic hydroxyl groups excluding tert-OH is 1. The first kappa shape index (κ1) is 12.6. The highest BCUT2D eigenvalue weighted by molar-refractivity contribution is 5.95. The van der Waals surface area contributed by atoms with Gasteiger partial charge in [-0.1, -0.05) is 13.8 Å². The fourth-order valence-corrected chi connectivity index (χ4v) is 1.60. The second-order valence-corrected chi connectivity index (χ2v) is 4.66. The zero-order chi connectivity index (χ0) is 13.1. The second-order valence-electron chi connectivity index (χ2n) is 4.66. The van der Waals surface area contributed by atoms with Gasteiger partial charge in [-0.2, -0.15) is 0 Å². The summed E-state index contributed by atoms with van der Waals surface area (Å²) >= 11 is 0. The molecule has 2 N–H and O–H groups in total. The number of amides is 1. The van der Waals surface area contributed by atoms with Crippen LogP contribution in [0.4, 0.5) is 0 Å². The molecular formula is C13H17N3O2. The van der Waals surface area contributed by atoms with Gasteiger partial charge in [0, 0.05) is 18.3 Å². The lowest BCUT2D eigenvalue weighted by atomic mass is 10.1. The molecule has 0 aromatic carbocycles. The van der Waals surface area contributed by atoms with Crippen molar-refractivity contribution in [3.05, 3.63) is 36.4 Å². The minimum Gasteiger partial charge on any atom is -0.391 e. The molecule has 5 heteroatoms. The van der Waals surface area contributed by atoms with Crippen LogP contribution in [0.3, 0.4) is 0 Å². The van der Waals surface area contributed by atoms with Gasteiger partial charge < -0.3 is 14.8 Å². The van der Waals surface area contributed by atoms with E-state index < -0.39 is 6.10 Å². The van der Waals surface area contributed by atoms with E-state index in [1.165, 1.54) is 0 Å². The van der Waals surface area contributed by atoms with Crippen LogP contribution in [-0.2, 0) is 0 Å². The third kappa shape index (κ3) is 2.68. The molecule has 5 nitrogen and oxygen atoms in total. The molecule has 0 aliphatic rings. The summed E-state index contributed by atoms with van der Waals surface area (Å²) < 4.78 is 1.83. The summed E-state index contributed by atoms with van der Waals surface area (Å²) in [6.45, 7) is 4.09. The van der Waals surface area contributed by atoms with Crippen LogP contribution in [0.25, 0.3) is 5.52 Å². The molecule has 0 saturated carbocycles. The predicted molar refractivity (Wildman–Crippen MR) is 68.4 cm³/mol. The molecule has 1 amide bonds. The summed E-state index contributed by atoms with van der Waals surface area (Å²) in [4.78, 5) is 15.9. The summed E-state index contributed by atoms with van der Waals surface area (Å²) in [6, 6.07) is 3.50. The molecule has 0 fully saturated rings. The number of carbonyl (C=O) groups is 1. The minimum absolute atomic E-state index is 0.127. The molecule has 96 valence electrons. The van der Waals surface area contributed by atoms with E-state index in [9.17, 15) is 9.90 Å². The lowest BCUT2D eigenvalue weighted by molar-refractivity contribution is 0.0871. The van der Waals surface area contributed by atoms with E-state index in [0.29, 0.717) is 5.56 Å². The van der Waals surface area contributed by atoms with Crippen molar-refractivity contribution in [1.82, 2.24) is 14.7 Å². The van der Waals surface area contributed by atoms with Crippen molar-refractivity contribution in [2.75, 3.05) is 6.54 Å². The van der Waals surface area contributed by atoms with Crippen LogP contribution >= 0.6 is 0 Å². The molecule has 0 saturated heterocycles. The molecule has 0 radical (unpaired) electrons. The average molecular weight is 247 g/mol. The summed E-state index contributed by atoms with van der Waals surface area (Å²) in [6.07, 6.45) is 4.64. The predicted octanol–water partition coefficient (Wildman–Crippen LogP) is 1.08. The van der Waals surface area contributed by atoms with Crippen LogP contribution in [-0.4, -0.2) is 33.0 Å². The van der Waals surface area contributed by atoms with E-state index >= 15 is 0 Å². The Morgan fingerprint density at radius 1 is 1.56 bits per heavy atom. The number of hydrogen-bond donors (Lipinski definition) is 2. The van der Waals surface area contributed by atoms with Gasteiger partial charge in [0.2, 0.25) is 0 Å². The van der Waals surface area contributed by atoms with Crippen LogP contribution in [0, 0.1) is 5.92 Å². The zero-order valence-corrected chi connectivity index (χ0v) is 10.5. The monoisotopic (exact) mass is 247 g/mol. The third-order valence-corrected chi connectivity index (χ3v) is 2.92. The van der Waals surface area contributed by atoms with Gasteiger partial charge in [-0.15, -0.1) is 0 Å². The van der Waals surface area contributed by atoms with Crippen molar-refractivity contribution in [2.45, 2.75) is 20.0 Å². The van der Waals surface area contributed by atoms with Gasteiger partial charge in [0.15, 0.2) is 0 Å². The molecule has 2 aromatic heterocycles. The third-order valence-electron chi connectivity index (χ3n) is 2.92. The van der Waals surface area contributed by atoms with E-state index in [1.54, 1.807) is 30.9 Å². The average Bonchev–Trinajstić information content (AvgIpc) is 2.82. The first-order valence-corrected chi connectivity index (χ1v) is 5.96. The highest BCUT2D eigenvalue weighted by Crippen LogP contribution is 2.07. The van der Waals surface area contributed by atoms with Gasteiger partial charge in [0.25, 0.3) is 5.91 Å². The summed E-state index contributed by atoms with van der Waals surface area (Å²) in [7, 11) is 0. The minimum atomic E-state index is -0.521. The van der Waals surface area contributed by atoms with Gasteiger partial charge in [0.1, 0.15) is 0 Å². The Hall–Kier alpha value is -1.88. The largest absolute Gasteiger partial charge is 0.391 e. The quantitative estimate of drug-likeness (QED) is 0.849. The van der Waals surface area contributed by atoms with Gasteiger partial charge in [-0.3, -0.25) is 4.79 Å². The van der Waals surface area contributed by atoms with Crippen LogP contribution in [0.1, 0.15) is 24.2 Å². The molecule has 1 atom stereocenters. The van der Waals surface area contributed by atoms with Crippen LogP contribution < -0.4 is 5.32 Å². The van der Waals surface area contributed by atoms with Gasteiger partial charge in [0.05, 0.1) is 24.1 Å². The number of rotatable bonds is 4. The van der Waals surface area contributed by atoms with Crippen molar-refractivity contribution in [3.8, 4) is 0 Å². The molecule has 0 spiro atoms. The van der Waals surface area contributed by atoms with Crippen molar-refractivity contribution in [2.24, 2.45) is 5.92 Å². The van der Waals surface area contributed by atoms with Crippen LogP contribution in [0.2, 0.25) is 0 Å². The number of carbonyl (C=O) groups excluding carboxylic acids is 1. The molecule has 0 bridgehead atoms. The molecule has 1 unspecified atom stereocenters. The van der Waals surface area contributed by atoms with Crippen molar-refractivity contribution in [1.29, 1.82) is 0 Å². The Kier molecular flexibility index (Phi) is 3.62. The van der Waals surface area contributed by atoms with E-state index in [4.69, 9.17) is 0 Å². The standard InChI is InChI=1S/C13H17N3O2/c1-9(2)12(17)7-15-13(18)10-3-4-16-8-14-6-11(16)5-10/h3-6,8-9,12,17H,7H2,1-2H3,(H,15,18). The smallest absolute Gasteiger partial charge is 0.251 e. The SMILES string of the molecule is CC(C)C(O)CNC(=O)c1ccn2cncc2c1. The lowest BCUT2D eigenvalue weighted by Gasteiger charge is -2.15. The van der Waals surface area contributed by atoms with Crippen LogP contribution in [0.5, 0.6) is 0 Å². The van der Waals surface area contributed by atoms with Crippen molar-refractivity contribution >= 4 is 11.4 Å². The summed E-state index contributed by atoms with van der Waals surface area (Å²) in [5, 5.41) is 12.4. The maximum atomic E-state index is 11.9. The first-order chi connectivity index (χ1) is 8.58. The molecule has 18 heavy (non-hydrogen) atoms. The maximum Gasteiger partial charge on any atom is 0.251 e. The first-order valence-electron chi connectivity index (χ1n) is 5.96. The van der Waals surface area contributed by atoms with E-state index in [-0.39, 0.29) is 18.4 Å². The number of hydrogen-bond acceptors (Lipinski definition) is 3. The topological polar surface area (TPSA) is 66.6 Å². The second kappa shape index (κ2) is 5.18. The van der Waals surface area contributed by atoms with E-state index in [2.05, 4.69) is 10.3 Å². The number of aliphatic hydroxyl groups is 1. The number of imidazole rings is 1. The fourth-order valence-electron chi connectivity index (χ4n) is 1.60. The molecule has 0 aliphatic heterocycles. The zero-order valence-electron chi connectivity index (χ0n) is 10.5. The van der Waals surface area contributed by atoms with Crippen LogP contribution in [0.15, 0.2) is 30.9 Å². The number of pyridine rings is 1. The van der Waals surface area contributed by atoms with Gasteiger partial charge >= 0.3 is 0 Å². The number of nitrogens with one attached hydrogen (secondary N) is 1. The van der Waals surface area contributed by atoms with Crippen molar-refractivity contribution < 1.29 is 9.90 Å².